The number of hydrogen-bond donors (Lipinski definition) is 3. The van der Waals surface area contributed by atoms with Gasteiger partial charge in [-0.2, -0.15) is 4.99 Å². The first-order valence-corrected chi connectivity index (χ1v) is 8.53. The monoisotopic (exact) mass is 396 g/mol. The van der Waals surface area contributed by atoms with Gasteiger partial charge in [0.05, 0.1) is 0 Å². The van der Waals surface area contributed by atoms with Crippen molar-refractivity contribution in [3.8, 4) is 5.75 Å². The Hall–Kier alpha value is -3.94. The van der Waals surface area contributed by atoms with Crippen LogP contribution < -0.4 is 21.9 Å². The number of amides is 1. The summed E-state index contributed by atoms with van der Waals surface area (Å²) in [4.78, 5) is 16.1. The van der Waals surface area contributed by atoms with Crippen molar-refractivity contribution in [2.24, 2.45) is 10.7 Å². The Kier molecular flexibility index (Phi) is 5.73. The van der Waals surface area contributed by atoms with Crippen LogP contribution in [0.1, 0.15) is 21.5 Å². The van der Waals surface area contributed by atoms with Crippen LogP contribution in [-0.4, -0.2) is 11.7 Å². The zero-order chi connectivity index (χ0) is 21.0. The summed E-state index contributed by atoms with van der Waals surface area (Å²) >= 11 is 0. The minimum atomic E-state index is -0.695. The number of halogens is 2. The molecule has 0 unspecified atom stereocenters. The van der Waals surface area contributed by atoms with Crippen molar-refractivity contribution < 1.29 is 18.3 Å². The fraction of sp³-hybridized carbons (Fsp3) is 0.0476. The van der Waals surface area contributed by atoms with Crippen molar-refractivity contribution in [2.45, 2.75) is 6.61 Å². The quantitative estimate of drug-likeness (QED) is 0.348. The number of ether oxygens (including phenoxy) is 1. The van der Waals surface area contributed by atoms with Gasteiger partial charge in [-0.15, -0.1) is 0 Å². The van der Waals surface area contributed by atoms with E-state index >= 15 is 0 Å². The van der Waals surface area contributed by atoms with Gasteiger partial charge in [0.25, 0.3) is 5.91 Å². The summed E-state index contributed by atoms with van der Waals surface area (Å²) in [5.41, 5.74) is 19.2. The molecular weight excluding hydrogens is 378 g/mol. The third-order valence-electron chi connectivity index (χ3n) is 4.01. The van der Waals surface area contributed by atoms with E-state index in [4.69, 9.17) is 21.9 Å². The predicted molar refractivity (Wildman–Crippen MR) is 107 cm³/mol. The third kappa shape index (κ3) is 5.07. The van der Waals surface area contributed by atoms with Crippen LogP contribution in [0.4, 0.5) is 20.2 Å². The minimum Gasteiger partial charge on any atom is -0.489 e. The fourth-order valence-electron chi connectivity index (χ4n) is 2.57. The molecule has 29 heavy (non-hydrogen) atoms. The van der Waals surface area contributed by atoms with Crippen LogP contribution in [0.15, 0.2) is 65.7 Å². The Morgan fingerprint density at radius 3 is 2.24 bits per heavy atom. The molecule has 3 aromatic carbocycles. The second-order valence-corrected chi connectivity index (χ2v) is 6.24. The first kappa shape index (κ1) is 19.8. The van der Waals surface area contributed by atoms with Gasteiger partial charge in [0.1, 0.15) is 29.8 Å². The molecule has 0 bridgehead atoms. The third-order valence-corrected chi connectivity index (χ3v) is 4.01. The van der Waals surface area contributed by atoms with E-state index in [1.165, 1.54) is 36.4 Å². The standard InChI is InChI=1S/C21H18F2N4O2/c22-14-7-12(8-15(23)9-14)11-29-17-5-6-19(25)18(10-17)20(26)27-21(28)13-1-3-16(24)4-2-13/h1-10H,11,24-25H2,(H2,26,27,28). The second kappa shape index (κ2) is 8.39. The number of nitrogen functional groups attached to an aromatic ring is 2. The molecule has 0 aliphatic carbocycles. The van der Waals surface area contributed by atoms with Crippen LogP contribution in [0.3, 0.4) is 0 Å². The first-order valence-electron chi connectivity index (χ1n) is 8.53. The molecule has 0 atom stereocenters. The van der Waals surface area contributed by atoms with Crippen LogP contribution >= 0.6 is 0 Å². The number of benzene rings is 3. The summed E-state index contributed by atoms with van der Waals surface area (Å²) in [6, 6.07) is 14.0. The van der Waals surface area contributed by atoms with Crippen molar-refractivity contribution in [3.05, 3.63) is 89.0 Å². The van der Waals surface area contributed by atoms with Gasteiger partial charge in [-0.05, 0) is 60.2 Å². The van der Waals surface area contributed by atoms with Crippen molar-refractivity contribution >= 4 is 23.1 Å². The van der Waals surface area contributed by atoms with E-state index in [2.05, 4.69) is 4.99 Å². The molecule has 6 N–H and O–H groups in total. The van der Waals surface area contributed by atoms with Crippen LogP contribution in [0, 0.1) is 11.6 Å². The largest absolute Gasteiger partial charge is 0.489 e. The maximum Gasteiger partial charge on any atom is 0.278 e. The SMILES string of the molecule is NC(=NC(=O)c1ccc(N)cc1)c1cc(OCc2cc(F)cc(F)c2)ccc1N. The number of nitrogens with two attached hydrogens (primary N) is 3. The zero-order valence-electron chi connectivity index (χ0n) is 15.2. The van der Waals surface area contributed by atoms with Crippen molar-refractivity contribution in [1.82, 2.24) is 0 Å². The molecule has 0 radical (unpaired) electrons. The molecular formula is C21H18F2N4O2. The number of aliphatic imine (C=N–C) groups is 1. The topological polar surface area (TPSA) is 117 Å². The number of rotatable bonds is 5. The number of nitrogens with zero attached hydrogens (tertiary/aromatic N) is 1. The van der Waals surface area contributed by atoms with Gasteiger partial charge < -0.3 is 21.9 Å². The number of carbonyl (C=O) groups excluding carboxylic acids is 1. The molecule has 3 aromatic rings. The summed E-state index contributed by atoms with van der Waals surface area (Å²) < 4.78 is 32.1. The maximum absolute atomic E-state index is 13.3. The second-order valence-electron chi connectivity index (χ2n) is 6.24. The molecule has 0 saturated carbocycles. The van der Waals surface area contributed by atoms with E-state index in [-0.39, 0.29) is 12.4 Å². The Balaban J connectivity index is 1.78. The highest BCUT2D eigenvalue weighted by Crippen LogP contribution is 2.21. The smallest absolute Gasteiger partial charge is 0.278 e. The molecule has 0 heterocycles. The molecule has 0 saturated heterocycles. The average molecular weight is 396 g/mol. The van der Waals surface area contributed by atoms with E-state index in [1.807, 2.05) is 0 Å². The molecule has 6 nitrogen and oxygen atoms in total. The van der Waals surface area contributed by atoms with E-state index in [0.29, 0.717) is 33.8 Å². The molecule has 0 spiro atoms. The Morgan fingerprint density at radius 2 is 1.59 bits per heavy atom. The molecule has 0 aromatic heterocycles. The lowest BCUT2D eigenvalue weighted by atomic mass is 10.1. The summed E-state index contributed by atoms with van der Waals surface area (Å²) in [6.45, 7) is -0.0700. The lowest BCUT2D eigenvalue weighted by Crippen LogP contribution is -2.18. The molecule has 1 amide bonds. The van der Waals surface area contributed by atoms with Crippen LogP contribution in [0.2, 0.25) is 0 Å². The van der Waals surface area contributed by atoms with Crippen LogP contribution in [0.25, 0.3) is 0 Å². The normalized spacial score (nSPS) is 11.3. The van der Waals surface area contributed by atoms with Crippen LogP contribution in [-0.2, 0) is 6.61 Å². The van der Waals surface area contributed by atoms with E-state index in [0.717, 1.165) is 6.07 Å². The molecule has 3 rings (SSSR count). The average Bonchev–Trinajstić information content (AvgIpc) is 2.67. The van der Waals surface area contributed by atoms with Crippen molar-refractivity contribution in [3.63, 3.8) is 0 Å². The lowest BCUT2D eigenvalue weighted by Gasteiger charge is -2.10. The predicted octanol–water partition coefficient (Wildman–Crippen LogP) is 3.25. The van der Waals surface area contributed by atoms with Crippen molar-refractivity contribution in [2.75, 3.05) is 11.5 Å². The summed E-state index contributed by atoms with van der Waals surface area (Å²) in [5.74, 6) is -1.69. The number of hydrogen-bond acceptors (Lipinski definition) is 4. The Bertz CT molecular complexity index is 1060. The first-order chi connectivity index (χ1) is 13.8. The Morgan fingerprint density at radius 1 is 0.931 bits per heavy atom. The summed E-state index contributed by atoms with van der Waals surface area (Å²) in [7, 11) is 0. The van der Waals surface area contributed by atoms with Gasteiger partial charge in [0.2, 0.25) is 0 Å². The van der Waals surface area contributed by atoms with Gasteiger partial charge >= 0.3 is 0 Å². The Labute approximate surface area is 165 Å². The number of carbonyl (C=O) groups is 1. The van der Waals surface area contributed by atoms with Gasteiger partial charge in [-0.25, -0.2) is 8.78 Å². The highest BCUT2D eigenvalue weighted by molar-refractivity contribution is 6.11. The van der Waals surface area contributed by atoms with Crippen molar-refractivity contribution in [1.29, 1.82) is 0 Å². The van der Waals surface area contributed by atoms with Gasteiger partial charge in [-0.1, -0.05) is 0 Å². The molecule has 0 fully saturated rings. The number of amidine groups is 1. The zero-order valence-corrected chi connectivity index (χ0v) is 15.2. The molecule has 0 aliphatic rings. The fourth-order valence-corrected chi connectivity index (χ4v) is 2.57. The maximum atomic E-state index is 13.3. The highest BCUT2D eigenvalue weighted by atomic mass is 19.1. The highest BCUT2D eigenvalue weighted by Gasteiger charge is 2.11. The number of anilines is 2. The molecule has 0 aliphatic heterocycles. The van der Waals surface area contributed by atoms with Crippen LogP contribution in [0.5, 0.6) is 5.75 Å². The minimum absolute atomic E-state index is 0.0700. The summed E-state index contributed by atoms with van der Waals surface area (Å²) in [6.07, 6.45) is 0. The molecule has 8 heteroatoms. The van der Waals surface area contributed by atoms with Gasteiger partial charge in [-0.3, -0.25) is 4.79 Å². The summed E-state index contributed by atoms with van der Waals surface area (Å²) in [5, 5.41) is 0. The lowest BCUT2D eigenvalue weighted by molar-refractivity contribution is 0.100. The van der Waals surface area contributed by atoms with E-state index in [9.17, 15) is 13.6 Å². The van der Waals surface area contributed by atoms with E-state index in [1.54, 1.807) is 18.2 Å². The molecule has 148 valence electrons. The van der Waals surface area contributed by atoms with E-state index < -0.39 is 17.5 Å². The van der Waals surface area contributed by atoms with Gasteiger partial charge in [0, 0.05) is 28.6 Å². The van der Waals surface area contributed by atoms with Gasteiger partial charge in [0.15, 0.2) is 0 Å².